The molecule has 1 saturated carbocycles. The number of carbonyl (C=O) groups is 1. The van der Waals surface area contributed by atoms with Crippen LogP contribution in [0.3, 0.4) is 0 Å². The third-order valence-corrected chi connectivity index (χ3v) is 6.74. The van der Waals surface area contributed by atoms with Crippen LogP contribution in [0.1, 0.15) is 55.5 Å². The SMILES string of the molecule is COC(=O)CCCn1c(C)cc(C2=CSC3=N[C@@H]4CCCC[C@H]4N23)c1C. The van der Waals surface area contributed by atoms with Gasteiger partial charge in [-0.2, -0.15) is 0 Å². The second kappa shape index (κ2) is 7.14. The van der Waals surface area contributed by atoms with Crippen molar-refractivity contribution in [3.05, 3.63) is 28.4 Å². The molecular weight excluding hydrogens is 346 g/mol. The lowest BCUT2D eigenvalue weighted by atomic mass is 9.90. The summed E-state index contributed by atoms with van der Waals surface area (Å²) in [6.07, 6.45) is 6.36. The van der Waals surface area contributed by atoms with Crippen molar-refractivity contribution in [2.45, 2.75) is 71.0 Å². The minimum absolute atomic E-state index is 0.135. The molecule has 26 heavy (non-hydrogen) atoms. The first-order chi connectivity index (χ1) is 12.6. The van der Waals surface area contributed by atoms with Crippen LogP contribution in [0.2, 0.25) is 0 Å². The maximum Gasteiger partial charge on any atom is 0.305 e. The molecule has 5 nitrogen and oxygen atoms in total. The van der Waals surface area contributed by atoms with Crippen LogP contribution in [0.5, 0.6) is 0 Å². The Bertz CT molecular complexity index is 780. The molecule has 0 amide bonds. The normalized spacial score (nSPS) is 24.2. The van der Waals surface area contributed by atoms with Gasteiger partial charge < -0.3 is 14.2 Å². The number of esters is 1. The van der Waals surface area contributed by atoms with Crippen LogP contribution in [0.15, 0.2) is 16.5 Å². The Labute approximate surface area is 159 Å². The third kappa shape index (κ3) is 2.98. The quantitative estimate of drug-likeness (QED) is 0.730. The van der Waals surface area contributed by atoms with E-state index in [4.69, 9.17) is 9.73 Å². The van der Waals surface area contributed by atoms with Crippen LogP contribution >= 0.6 is 11.8 Å². The minimum atomic E-state index is -0.135. The average molecular weight is 374 g/mol. The molecule has 0 spiro atoms. The number of fused-ring (bicyclic) bond motifs is 3. The van der Waals surface area contributed by atoms with Crippen LogP contribution in [0.25, 0.3) is 5.70 Å². The van der Waals surface area contributed by atoms with Crippen LogP contribution in [0.4, 0.5) is 0 Å². The molecule has 4 rings (SSSR count). The molecule has 3 aliphatic rings. The van der Waals surface area contributed by atoms with Gasteiger partial charge in [0.15, 0.2) is 5.17 Å². The Balaban J connectivity index is 1.54. The van der Waals surface area contributed by atoms with Crippen molar-refractivity contribution < 1.29 is 9.53 Å². The van der Waals surface area contributed by atoms with E-state index in [0.29, 0.717) is 18.5 Å². The number of aryl methyl sites for hydroxylation is 1. The molecule has 2 aliphatic heterocycles. The maximum atomic E-state index is 11.4. The Kier molecular flexibility index (Phi) is 4.86. The predicted octanol–water partition coefficient (Wildman–Crippen LogP) is 4.09. The van der Waals surface area contributed by atoms with E-state index >= 15 is 0 Å². The molecule has 0 unspecified atom stereocenters. The second-order valence-corrected chi connectivity index (χ2v) is 8.27. The molecule has 6 heteroatoms. The van der Waals surface area contributed by atoms with Crippen molar-refractivity contribution in [1.29, 1.82) is 0 Å². The summed E-state index contributed by atoms with van der Waals surface area (Å²) in [5.41, 5.74) is 5.15. The molecule has 0 bridgehead atoms. The average Bonchev–Trinajstić information content (AvgIpc) is 3.28. The van der Waals surface area contributed by atoms with Gasteiger partial charge in [-0.3, -0.25) is 9.79 Å². The number of aromatic nitrogens is 1. The zero-order valence-electron chi connectivity index (χ0n) is 15.8. The fraction of sp³-hybridized carbons (Fsp3) is 0.600. The van der Waals surface area contributed by atoms with Crippen LogP contribution in [-0.4, -0.2) is 39.8 Å². The van der Waals surface area contributed by atoms with E-state index in [2.05, 4.69) is 34.8 Å². The van der Waals surface area contributed by atoms with Crippen molar-refractivity contribution in [2.24, 2.45) is 4.99 Å². The van der Waals surface area contributed by atoms with Crippen LogP contribution in [-0.2, 0) is 16.1 Å². The van der Waals surface area contributed by atoms with Crippen LogP contribution < -0.4 is 0 Å². The van der Waals surface area contributed by atoms with E-state index < -0.39 is 0 Å². The van der Waals surface area contributed by atoms with Crippen molar-refractivity contribution >= 4 is 28.6 Å². The lowest BCUT2D eigenvalue weighted by Gasteiger charge is -2.32. The Morgan fingerprint density at radius 2 is 2.15 bits per heavy atom. The number of ether oxygens (including phenoxy) is 1. The zero-order chi connectivity index (χ0) is 18.3. The fourth-order valence-corrected chi connectivity index (χ4v) is 5.51. The summed E-state index contributed by atoms with van der Waals surface area (Å²) < 4.78 is 7.08. The fourth-order valence-electron chi connectivity index (χ4n) is 4.50. The Morgan fingerprint density at radius 1 is 1.35 bits per heavy atom. The molecule has 1 fully saturated rings. The smallest absolute Gasteiger partial charge is 0.305 e. The minimum Gasteiger partial charge on any atom is -0.469 e. The van der Waals surface area contributed by atoms with E-state index in [0.717, 1.165) is 13.0 Å². The maximum absolute atomic E-state index is 11.4. The molecule has 3 heterocycles. The molecule has 0 N–H and O–H groups in total. The molecule has 2 atom stereocenters. The molecule has 1 aliphatic carbocycles. The Morgan fingerprint density at radius 3 is 2.96 bits per heavy atom. The highest BCUT2D eigenvalue weighted by Crippen LogP contribution is 2.45. The summed E-state index contributed by atoms with van der Waals surface area (Å²) in [5, 5.41) is 3.46. The number of rotatable bonds is 5. The van der Waals surface area contributed by atoms with Crippen molar-refractivity contribution in [3.63, 3.8) is 0 Å². The Hall–Kier alpha value is -1.69. The number of aliphatic imine (C=N–C) groups is 1. The molecule has 0 saturated heterocycles. The van der Waals surface area contributed by atoms with Gasteiger partial charge in [0.2, 0.25) is 0 Å². The number of carbonyl (C=O) groups excluding carboxylic acids is 1. The molecule has 0 aromatic carbocycles. The first-order valence-corrected chi connectivity index (χ1v) is 10.5. The van der Waals surface area contributed by atoms with Crippen molar-refractivity contribution in [1.82, 2.24) is 9.47 Å². The van der Waals surface area contributed by atoms with E-state index in [1.165, 1.54) is 60.6 Å². The summed E-state index contributed by atoms with van der Waals surface area (Å²) in [6, 6.07) is 3.32. The lowest BCUT2D eigenvalue weighted by Crippen LogP contribution is -2.38. The van der Waals surface area contributed by atoms with Gasteiger partial charge in [0.25, 0.3) is 0 Å². The number of hydrogen-bond donors (Lipinski definition) is 0. The topological polar surface area (TPSA) is 46.8 Å². The van der Waals surface area contributed by atoms with E-state index in [1.807, 2.05) is 0 Å². The summed E-state index contributed by atoms with van der Waals surface area (Å²) in [5.74, 6) is -0.135. The third-order valence-electron chi connectivity index (χ3n) is 5.88. The number of hydrogen-bond acceptors (Lipinski definition) is 5. The number of thioether (sulfide) groups is 1. The van der Waals surface area contributed by atoms with Gasteiger partial charge in [0, 0.05) is 35.3 Å². The van der Waals surface area contributed by atoms with Crippen LogP contribution in [0, 0.1) is 13.8 Å². The molecule has 1 aromatic rings. The molecule has 140 valence electrons. The van der Waals surface area contributed by atoms with E-state index in [9.17, 15) is 4.79 Å². The molecule has 0 radical (unpaired) electrons. The number of nitrogens with zero attached hydrogens (tertiary/aromatic N) is 3. The molecule has 1 aromatic heterocycles. The van der Waals surface area contributed by atoms with E-state index in [-0.39, 0.29) is 5.97 Å². The van der Waals surface area contributed by atoms with Gasteiger partial charge >= 0.3 is 5.97 Å². The summed E-state index contributed by atoms with van der Waals surface area (Å²) in [4.78, 5) is 18.9. The largest absolute Gasteiger partial charge is 0.469 e. The highest BCUT2D eigenvalue weighted by atomic mass is 32.2. The second-order valence-electron chi connectivity index (χ2n) is 7.44. The van der Waals surface area contributed by atoms with Gasteiger partial charge in [0.05, 0.1) is 24.9 Å². The summed E-state index contributed by atoms with van der Waals surface area (Å²) in [6.45, 7) is 5.19. The van der Waals surface area contributed by atoms with Gasteiger partial charge in [-0.1, -0.05) is 24.6 Å². The van der Waals surface area contributed by atoms with Gasteiger partial charge in [-0.25, -0.2) is 0 Å². The predicted molar refractivity (Wildman–Crippen MR) is 106 cm³/mol. The highest BCUT2D eigenvalue weighted by Gasteiger charge is 2.42. The molecular formula is C20H27N3O2S. The number of amidine groups is 1. The van der Waals surface area contributed by atoms with Gasteiger partial charge in [0.1, 0.15) is 0 Å². The zero-order valence-corrected chi connectivity index (χ0v) is 16.6. The summed E-state index contributed by atoms with van der Waals surface area (Å²) in [7, 11) is 1.45. The first-order valence-electron chi connectivity index (χ1n) is 9.58. The number of methoxy groups -OCH3 is 1. The highest BCUT2D eigenvalue weighted by molar-refractivity contribution is 8.16. The van der Waals surface area contributed by atoms with Gasteiger partial charge in [-0.05, 0) is 39.2 Å². The van der Waals surface area contributed by atoms with E-state index in [1.54, 1.807) is 11.8 Å². The summed E-state index contributed by atoms with van der Waals surface area (Å²) >= 11 is 1.77. The van der Waals surface area contributed by atoms with Crippen molar-refractivity contribution in [2.75, 3.05) is 7.11 Å². The van der Waals surface area contributed by atoms with Gasteiger partial charge in [-0.15, -0.1) is 0 Å². The monoisotopic (exact) mass is 373 g/mol. The standard InChI is InChI=1S/C20H27N3O2S/c1-13-11-15(14(2)22(13)10-6-9-19(24)25-3)18-12-26-20-21-16-7-4-5-8-17(16)23(18)20/h11-12,16-17H,4-10H2,1-3H3/t16-,17-/m1/s1. The van der Waals surface area contributed by atoms with Crippen molar-refractivity contribution in [3.8, 4) is 0 Å². The first kappa shape index (κ1) is 17.7. The lowest BCUT2D eigenvalue weighted by molar-refractivity contribution is -0.140.